The molecule has 1 N–H and O–H groups in total. The Bertz CT molecular complexity index is 730. The molecule has 2 aliphatic heterocycles. The summed E-state index contributed by atoms with van der Waals surface area (Å²) in [7, 11) is -4.00. The number of rotatable bonds is 4. The maximum absolute atomic E-state index is 6.40. The summed E-state index contributed by atoms with van der Waals surface area (Å²) < 4.78 is 25.6. The van der Waals surface area contributed by atoms with Crippen molar-refractivity contribution in [3.63, 3.8) is 0 Å². The van der Waals surface area contributed by atoms with E-state index in [1.807, 2.05) is 48.5 Å². The fraction of sp³-hybridized carbons (Fsp3) is 0.478. The Labute approximate surface area is 174 Å². The molecule has 1 spiro atoms. The average molecular weight is 416 g/mol. The van der Waals surface area contributed by atoms with Gasteiger partial charge in [0.15, 0.2) is 0 Å². The summed E-state index contributed by atoms with van der Waals surface area (Å²) in [6.45, 7) is 10.5. The van der Waals surface area contributed by atoms with Crippen LogP contribution >= 0.6 is 0 Å². The van der Waals surface area contributed by atoms with E-state index in [-0.39, 0.29) is 5.54 Å². The molecule has 6 heteroatoms. The van der Waals surface area contributed by atoms with Crippen LogP contribution in [0.3, 0.4) is 0 Å². The third-order valence-corrected chi connectivity index (χ3v) is 10.7. The topological polar surface area (TPSA) is 41.4 Å². The minimum absolute atomic E-state index is 0.180. The number of benzene rings is 2. The molecule has 3 aliphatic rings. The van der Waals surface area contributed by atoms with Crippen molar-refractivity contribution in [1.82, 2.24) is 0 Å². The number of hydrogen-bond donors (Lipinski definition) is 1. The molecule has 0 aromatic heterocycles. The summed E-state index contributed by atoms with van der Waals surface area (Å²) in [5, 5.41) is 0. The van der Waals surface area contributed by atoms with E-state index in [2.05, 4.69) is 20.8 Å². The van der Waals surface area contributed by atoms with Gasteiger partial charge in [0.1, 0.15) is 0 Å². The fourth-order valence-electron chi connectivity index (χ4n) is 4.64. The van der Waals surface area contributed by atoms with Crippen molar-refractivity contribution in [3.05, 3.63) is 48.5 Å². The molecule has 0 saturated heterocycles. The Morgan fingerprint density at radius 3 is 1.31 bits per heavy atom. The van der Waals surface area contributed by atoms with Crippen molar-refractivity contribution in [2.24, 2.45) is 0 Å². The van der Waals surface area contributed by atoms with Gasteiger partial charge in [0.2, 0.25) is 0 Å². The first-order chi connectivity index (χ1) is 14.1. The van der Waals surface area contributed by atoms with Gasteiger partial charge in [-0.05, 0) is 20.8 Å². The van der Waals surface area contributed by atoms with Crippen LogP contribution in [0.15, 0.2) is 48.5 Å². The summed E-state index contributed by atoms with van der Waals surface area (Å²) in [6, 6.07) is 15.5. The number of quaternary nitrogens is 1. The van der Waals surface area contributed by atoms with Crippen LogP contribution < -0.4 is 22.6 Å². The third kappa shape index (κ3) is 3.49. The monoisotopic (exact) mass is 415 g/mol. The predicted molar refractivity (Wildman–Crippen MR) is 116 cm³/mol. The van der Waals surface area contributed by atoms with Crippen LogP contribution in [0, 0.1) is 0 Å². The molecule has 1 fully saturated rings. The van der Waals surface area contributed by atoms with E-state index in [0.717, 1.165) is 35.8 Å². The van der Waals surface area contributed by atoms with Gasteiger partial charge in [-0.25, -0.2) is 0 Å². The molecule has 5 nitrogen and oxygen atoms in total. The van der Waals surface area contributed by atoms with E-state index in [1.54, 1.807) is 4.90 Å². The molecule has 2 aromatic carbocycles. The molecule has 0 unspecified atom stereocenters. The van der Waals surface area contributed by atoms with Gasteiger partial charge in [-0.3, -0.25) is 0 Å². The van der Waals surface area contributed by atoms with Crippen LogP contribution in [0.1, 0.15) is 46.5 Å². The third-order valence-electron chi connectivity index (χ3n) is 6.40. The van der Waals surface area contributed by atoms with Crippen LogP contribution in [0.5, 0.6) is 23.0 Å². The summed E-state index contributed by atoms with van der Waals surface area (Å²) in [6.07, 6.45) is 4.38. The van der Waals surface area contributed by atoms with Gasteiger partial charge in [0.25, 0.3) is 0 Å². The summed E-state index contributed by atoms with van der Waals surface area (Å²) in [5.74, 6) is 2.93. The second kappa shape index (κ2) is 7.92. The van der Waals surface area contributed by atoms with Gasteiger partial charge < -0.3 is 4.90 Å². The zero-order chi connectivity index (χ0) is 20.3. The Kier molecular flexibility index (Phi) is 5.49. The van der Waals surface area contributed by atoms with E-state index >= 15 is 0 Å². The Morgan fingerprint density at radius 1 is 0.690 bits per heavy atom. The van der Waals surface area contributed by atoms with Crippen molar-refractivity contribution >= 4 is 8.33 Å². The van der Waals surface area contributed by atoms with Crippen LogP contribution in [0.25, 0.3) is 0 Å². The van der Waals surface area contributed by atoms with E-state index < -0.39 is 8.33 Å². The van der Waals surface area contributed by atoms with Crippen molar-refractivity contribution in [1.29, 1.82) is 0 Å². The number of nitrogens with one attached hydrogen (secondary N) is 1. The van der Waals surface area contributed by atoms with Crippen molar-refractivity contribution in [2.45, 2.75) is 52.0 Å². The van der Waals surface area contributed by atoms with E-state index in [9.17, 15) is 0 Å². The van der Waals surface area contributed by atoms with E-state index in [1.165, 1.54) is 32.5 Å². The van der Waals surface area contributed by atoms with Gasteiger partial charge in [-0.15, -0.1) is 0 Å². The number of fused-ring (bicyclic) bond motifs is 2. The molecule has 2 aromatic rings. The van der Waals surface area contributed by atoms with Crippen molar-refractivity contribution in [2.75, 3.05) is 19.6 Å². The molecular weight excluding hydrogens is 382 g/mol. The Hall–Kier alpha value is -2.18. The molecule has 0 amide bonds. The molecule has 0 atom stereocenters. The number of hydrogen-bond acceptors (Lipinski definition) is 4. The summed E-state index contributed by atoms with van der Waals surface area (Å²) in [5.41, 5.74) is 0.180. The molecule has 29 heavy (non-hydrogen) atoms. The van der Waals surface area contributed by atoms with E-state index in [4.69, 9.17) is 17.7 Å². The zero-order valence-electron chi connectivity index (χ0n) is 17.8. The van der Waals surface area contributed by atoms with E-state index in [0.29, 0.717) is 0 Å². The molecule has 0 radical (unpaired) electrons. The Morgan fingerprint density at radius 2 is 1.03 bits per heavy atom. The first-order valence-electron chi connectivity index (χ1n) is 11.1. The fourth-order valence-corrected chi connectivity index (χ4v) is 9.16. The van der Waals surface area contributed by atoms with Gasteiger partial charge in [0.05, 0.1) is 19.6 Å². The second-order valence-corrected chi connectivity index (χ2v) is 11.6. The second-order valence-electron chi connectivity index (χ2n) is 8.07. The zero-order valence-corrected chi connectivity index (χ0v) is 18.8. The molecule has 5 rings (SSSR count). The molecule has 158 valence electrons. The molecular formula is C23H33NO4Si. The van der Waals surface area contributed by atoms with Crippen molar-refractivity contribution < 1.29 is 22.6 Å². The minimum atomic E-state index is -4.00. The molecule has 1 aliphatic carbocycles. The average Bonchev–Trinajstić information content (AvgIpc) is 3.46. The van der Waals surface area contributed by atoms with Crippen LogP contribution in [-0.4, -0.2) is 28.0 Å². The summed E-state index contributed by atoms with van der Waals surface area (Å²) in [4.78, 5) is 1.68. The Balaban J connectivity index is 0.000000255. The number of para-hydroxylation sites is 4. The van der Waals surface area contributed by atoms with Crippen molar-refractivity contribution in [3.8, 4) is 23.0 Å². The van der Waals surface area contributed by atoms with Gasteiger partial charge in [-0.2, -0.15) is 0 Å². The maximum atomic E-state index is 6.40. The predicted octanol–water partition coefficient (Wildman–Crippen LogP) is 4.19. The first kappa shape index (κ1) is 20.1. The van der Waals surface area contributed by atoms with Gasteiger partial charge in [0, 0.05) is 0 Å². The molecule has 2 heterocycles. The standard InChI is InChI=1S/C17H17O4Si.C6H15N/c1-2-8-13(7-1)22(18-14-9-3-4-10-15(14)19-22)20-16-11-5-6-12-17(16)21-22;1-4-7(5-2)6-3/h3-6,9-13H,1-2,7-8H2;4-6H2,1-3H3/q-1;/p+1. The van der Waals surface area contributed by atoms with Gasteiger partial charge >= 0.3 is 129 Å². The van der Waals surface area contributed by atoms with Crippen LogP contribution in [-0.2, 0) is 0 Å². The molecule has 1 saturated carbocycles. The summed E-state index contributed by atoms with van der Waals surface area (Å²) >= 11 is 0. The van der Waals surface area contributed by atoms with Gasteiger partial charge in [-0.1, -0.05) is 0 Å². The first-order valence-corrected chi connectivity index (χ1v) is 13.3. The van der Waals surface area contributed by atoms with Crippen LogP contribution in [0.2, 0.25) is 5.54 Å². The SMILES string of the molecule is CC[NH+](CC)CC.c1ccc2c(c1)O[Si-]1(C3CCCC3)(O2)Oc2ccccc2O1. The van der Waals surface area contributed by atoms with Crippen LogP contribution in [0.4, 0.5) is 0 Å². The quantitative estimate of drug-likeness (QED) is 0.760. The normalized spacial score (nSPS) is 21.4. The molecule has 0 bridgehead atoms.